The second-order valence-electron chi connectivity index (χ2n) is 6.74. The monoisotopic (exact) mass is 320 g/mol. The molecule has 3 rings (SSSR count). The minimum atomic E-state index is -0.447. The fraction of sp³-hybridized carbons (Fsp3) is 0.200. The Kier molecular flexibility index (Phi) is 3.97. The first-order chi connectivity index (χ1) is 11.4. The van der Waals surface area contributed by atoms with Crippen molar-refractivity contribution in [1.82, 2.24) is 9.55 Å². The van der Waals surface area contributed by atoms with Gasteiger partial charge < -0.3 is 5.11 Å². The molecule has 0 unspecified atom stereocenters. The van der Waals surface area contributed by atoms with Crippen molar-refractivity contribution < 1.29 is 5.11 Å². The molecule has 0 spiro atoms. The van der Waals surface area contributed by atoms with Crippen LogP contribution in [0.2, 0.25) is 0 Å². The maximum Gasteiger partial charge on any atom is 0.281 e. The van der Waals surface area contributed by atoms with E-state index >= 15 is 0 Å². The molecule has 0 bridgehead atoms. The summed E-state index contributed by atoms with van der Waals surface area (Å²) in [5, 5.41) is 10.3. The molecule has 3 aromatic rings. The summed E-state index contributed by atoms with van der Waals surface area (Å²) in [4.78, 5) is 17.4. The number of aliphatic hydroxyl groups is 1. The van der Waals surface area contributed by atoms with Crippen LogP contribution in [0.4, 0.5) is 0 Å². The molecule has 4 heteroatoms. The molecule has 0 amide bonds. The summed E-state index contributed by atoms with van der Waals surface area (Å²) in [6, 6.07) is 16.9. The molecule has 2 aromatic carbocycles. The van der Waals surface area contributed by atoms with E-state index in [-0.39, 0.29) is 17.0 Å². The van der Waals surface area contributed by atoms with E-state index in [9.17, 15) is 9.90 Å². The summed E-state index contributed by atoms with van der Waals surface area (Å²) < 4.78 is 1.63. The van der Waals surface area contributed by atoms with Gasteiger partial charge in [0.1, 0.15) is 5.69 Å². The number of aromatic nitrogens is 2. The molecular weight excluding hydrogens is 300 g/mol. The summed E-state index contributed by atoms with van der Waals surface area (Å²) >= 11 is 0. The predicted octanol–water partition coefficient (Wildman–Crippen LogP) is 4.33. The van der Waals surface area contributed by atoms with E-state index < -0.39 is 5.41 Å². The number of hydrogen-bond donors (Lipinski definition) is 1. The normalized spacial score (nSPS) is 12.5. The van der Waals surface area contributed by atoms with Crippen LogP contribution in [0.1, 0.15) is 26.5 Å². The minimum Gasteiger partial charge on any atom is -0.512 e. The lowest BCUT2D eigenvalue weighted by Crippen LogP contribution is -2.23. The quantitative estimate of drug-likeness (QED) is 0.715. The van der Waals surface area contributed by atoms with Gasteiger partial charge in [-0.2, -0.15) is 0 Å². The van der Waals surface area contributed by atoms with Crippen molar-refractivity contribution in [2.45, 2.75) is 20.8 Å². The smallest absolute Gasteiger partial charge is 0.281 e. The molecule has 0 fully saturated rings. The maximum absolute atomic E-state index is 13.0. The fourth-order valence-corrected chi connectivity index (χ4v) is 2.42. The highest BCUT2D eigenvalue weighted by atomic mass is 16.3. The molecule has 1 N–H and O–H groups in total. The van der Waals surface area contributed by atoms with Crippen molar-refractivity contribution >= 4 is 17.1 Å². The van der Waals surface area contributed by atoms with Crippen molar-refractivity contribution in [1.29, 1.82) is 0 Å². The highest BCUT2D eigenvalue weighted by Crippen LogP contribution is 2.24. The van der Waals surface area contributed by atoms with E-state index in [0.717, 1.165) is 11.2 Å². The molecule has 0 aliphatic carbocycles. The van der Waals surface area contributed by atoms with Crippen molar-refractivity contribution in [2.24, 2.45) is 5.41 Å². The Hall–Kier alpha value is -2.88. The fourth-order valence-electron chi connectivity index (χ4n) is 2.42. The highest BCUT2D eigenvalue weighted by molar-refractivity contribution is 5.77. The van der Waals surface area contributed by atoms with E-state index in [0.29, 0.717) is 5.52 Å². The Balaban J connectivity index is 2.35. The van der Waals surface area contributed by atoms with Gasteiger partial charge in [-0.15, -0.1) is 0 Å². The van der Waals surface area contributed by atoms with Gasteiger partial charge in [-0.3, -0.25) is 9.36 Å². The molecule has 4 nitrogen and oxygen atoms in total. The van der Waals surface area contributed by atoms with Gasteiger partial charge >= 0.3 is 0 Å². The predicted molar refractivity (Wildman–Crippen MR) is 97.4 cm³/mol. The second kappa shape index (κ2) is 5.96. The molecule has 0 saturated heterocycles. The Morgan fingerprint density at radius 1 is 1.04 bits per heavy atom. The zero-order valence-corrected chi connectivity index (χ0v) is 14.0. The van der Waals surface area contributed by atoms with E-state index in [4.69, 9.17) is 0 Å². The first-order valence-corrected chi connectivity index (χ1v) is 7.86. The number of aliphatic hydroxyl groups excluding tert-OH is 1. The zero-order chi connectivity index (χ0) is 17.3. The van der Waals surface area contributed by atoms with Crippen LogP contribution in [-0.2, 0) is 0 Å². The van der Waals surface area contributed by atoms with Gasteiger partial charge in [-0.05, 0) is 24.3 Å². The third kappa shape index (κ3) is 2.95. The maximum atomic E-state index is 13.0. The molecular formula is C20H20N2O2. The summed E-state index contributed by atoms with van der Waals surface area (Å²) in [5.41, 5.74) is 1.74. The number of allylic oxidation sites excluding steroid dienone is 1. The number of hydrogen-bond acceptors (Lipinski definition) is 3. The van der Waals surface area contributed by atoms with Crippen molar-refractivity contribution in [2.75, 3.05) is 0 Å². The van der Waals surface area contributed by atoms with E-state index in [1.54, 1.807) is 4.57 Å². The summed E-state index contributed by atoms with van der Waals surface area (Å²) in [6.07, 6.45) is 1.47. The van der Waals surface area contributed by atoms with Gasteiger partial charge in [-0.1, -0.05) is 51.1 Å². The minimum absolute atomic E-state index is 0.127. The van der Waals surface area contributed by atoms with Crippen molar-refractivity contribution in [3.8, 4) is 5.69 Å². The lowest BCUT2D eigenvalue weighted by molar-refractivity contribution is 0.282. The zero-order valence-electron chi connectivity index (χ0n) is 14.0. The second-order valence-corrected chi connectivity index (χ2v) is 6.74. The van der Waals surface area contributed by atoms with Gasteiger partial charge in [0.2, 0.25) is 0 Å². The third-order valence-corrected chi connectivity index (χ3v) is 3.84. The summed E-state index contributed by atoms with van der Waals surface area (Å²) in [7, 11) is 0. The largest absolute Gasteiger partial charge is 0.512 e. The first kappa shape index (κ1) is 16.0. The molecule has 24 heavy (non-hydrogen) atoms. The number of benzene rings is 2. The molecule has 0 atom stereocenters. The lowest BCUT2D eigenvalue weighted by Gasteiger charge is -2.17. The number of para-hydroxylation sites is 3. The lowest BCUT2D eigenvalue weighted by atomic mass is 9.93. The van der Waals surface area contributed by atoms with E-state index in [2.05, 4.69) is 4.98 Å². The van der Waals surface area contributed by atoms with Crippen LogP contribution in [0.3, 0.4) is 0 Å². The summed E-state index contributed by atoms with van der Waals surface area (Å²) in [5.74, 6) is 0.127. The molecule has 122 valence electrons. The topological polar surface area (TPSA) is 55.1 Å². The average molecular weight is 320 g/mol. The Morgan fingerprint density at radius 3 is 2.33 bits per heavy atom. The van der Waals surface area contributed by atoms with Crippen molar-refractivity contribution in [3.05, 3.63) is 76.4 Å². The third-order valence-electron chi connectivity index (χ3n) is 3.84. The number of fused-ring (bicyclic) bond motifs is 1. The van der Waals surface area contributed by atoms with Crippen LogP contribution in [0.15, 0.2) is 65.2 Å². The summed E-state index contributed by atoms with van der Waals surface area (Å²) in [6.45, 7) is 5.65. The van der Waals surface area contributed by atoms with Gasteiger partial charge in [-0.25, -0.2) is 4.98 Å². The Morgan fingerprint density at radius 2 is 1.67 bits per heavy atom. The molecule has 1 heterocycles. The number of nitrogens with zero attached hydrogens (tertiary/aromatic N) is 2. The molecule has 0 saturated carbocycles. The van der Waals surface area contributed by atoms with Crippen LogP contribution in [0.5, 0.6) is 0 Å². The van der Waals surface area contributed by atoms with Gasteiger partial charge in [0.25, 0.3) is 5.56 Å². The van der Waals surface area contributed by atoms with Gasteiger partial charge in [0, 0.05) is 17.2 Å². The molecule has 0 aliphatic heterocycles. The standard InChI is InChI=1S/C20H20N2O2/c1-20(2,3)18(23)13-16-19(24)22(14-9-5-4-6-10-14)17-12-8-7-11-15(17)21-16/h4-13,23H,1-3H3/b18-13-. The van der Waals surface area contributed by atoms with Crippen LogP contribution >= 0.6 is 0 Å². The molecule has 1 aromatic heterocycles. The van der Waals surface area contributed by atoms with Crippen LogP contribution < -0.4 is 5.56 Å². The Bertz CT molecular complexity index is 964. The molecule has 0 aliphatic rings. The van der Waals surface area contributed by atoms with Crippen LogP contribution in [0, 0.1) is 5.41 Å². The van der Waals surface area contributed by atoms with Crippen LogP contribution in [0.25, 0.3) is 22.8 Å². The van der Waals surface area contributed by atoms with E-state index in [1.165, 1.54) is 6.08 Å². The highest BCUT2D eigenvalue weighted by Gasteiger charge is 2.18. The average Bonchev–Trinajstić information content (AvgIpc) is 2.55. The SMILES string of the molecule is CC(C)(C)/C(O)=C/c1nc2ccccc2n(-c2ccccc2)c1=O. The van der Waals surface area contributed by atoms with Gasteiger partial charge in [0.15, 0.2) is 0 Å². The molecule has 0 radical (unpaired) electrons. The Labute approximate surface area is 140 Å². The number of rotatable bonds is 2. The first-order valence-electron chi connectivity index (χ1n) is 7.86. The van der Waals surface area contributed by atoms with Crippen molar-refractivity contribution in [3.63, 3.8) is 0 Å². The van der Waals surface area contributed by atoms with Crippen LogP contribution in [-0.4, -0.2) is 14.7 Å². The van der Waals surface area contributed by atoms with Gasteiger partial charge in [0.05, 0.1) is 16.8 Å². The van der Waals surface area contributed by atoms with E-state index in [1.807, 2.05) is 75.4 Å².